The lowest BCUT2D eigenvalue weighted by Gasteiger charge is -2.21. The van der Waals surface area contributed by atoms with Crippen molar-refractivity contribution < 1.29 is 4.74 Å². The zero-order valence-corrected chi connectivity index (χ0v) is 12.4. The molecule has 0 aliphatic heterocycles. The van der Waals surface area contributed by atoms with Crippen LogP contribution in [0.15, 0.2) is 42.5 Å². The molecular formula is C17H21BO. The first-order valence-electron chi connectivity index (χ1n) is 6.67. The summed E-state index contributed by atoms with van der Waals surface area (Å²) in [6.45, 7) is 6.73. The van der Waals surface area contributed by atoms with Gasteiger partial charge in [-0.15, -0.1) is 0 Å². The fourth-order valence-electron chi connectivity index (χ4n) is 2.25. The average molecular weight is 252 g/mol. The maximum absolute atomic E-state index is 5.47. The van der Waals surface area contributed by atoms with Gasteiger partial charge in [0.15, 0.2) is 0 Å². The van der Waals surface area contributed by atoms with Crippen molar-refractivity contribution >= 4 is 13.3 Å². The molecule has 0 amide bonds. The highest BCUT2D eigenvalue weighted by atomic mass is 16.5. The van der Waals surface area contributed by atoms with E-state index >= 15 is 0 Å². The predicted molar refractivity (Wildman–Crippen MR) is 85.3 cm³/mol. The highest BCUT2D eigenvalue weighted by molar-refractivity contribution is 6.32. The van der Waals surface area contributed by atoms with Crippen molar-refractivity contribution in [2.75, 3.05) is 7.11 Å². The van der Waals surface area contributed by atoms with Gasteiger partial charge in [0.05, 0.1) is 7.11 Å². The molecule has 0 spiro atoms. The smallest absolute Gasteiger partial charge is 0.139 e. The summed E-state index contributed by atoms with van der Waals surface area (Å²) in [6.07, 6.45) is 0. The summed E-state index contributed by atoms with van der Waals surface area (Å²) in [5, 5.41) is 0. The number of para-hydroxylation sites is 1. The van der Waals surface area contributed by atoms with Gasteiger partial charge in [0.2, 0.25) is 0 Å². The highest BCUT2D eigenvalue weighted by Crippen LogP contribution is 2.32. The van der Waals surface area contributed by atoms with Gasteiger partial charge in [0.1, 0.15) is 13.6 Å². The van der Waals surface area contributed by atoms with Crippen LogP contribution in [0.2, 0.25) is 0 Å². The Morgan fingerprint density at radius 3 is 2.32 bits per heavy atom. The minimum absolute atomic E-state index is 0.156. The van der Waals surface area contributed by atoms with E-state index in [0.717, 1.165) is 11.3 Å². The van der Waals surface area contributed by atoms with E-state index in [4.69, 9.17) is 4.74 Å². The third-order valence-corrected chi connectivity index (χ3v) is 3.36. The van der Waals surface area contributed by atoms with Crippen LogP contribution >= 0.6 is 0 Å². The lowest BCUT2D eigenvalue weighted by molar-refractivity contribution is 0.416. The van der Waals surface area contributed by atoms with Gasteiger partial charge in [-0.2, -0.15) is 0 Å². The van der Waals surface area contributed by atoms with Crippen LogP contribution < -0.4 is 10.2 Å². The standard InChI is InChI=1S/C17H21BO/c1-17(2,3)13-9-12(10-14(18)11-13)15-7-5-6-8-16(15)19-4/h5-11H,18H2,1-4H3. The van der Waals surface area contributed by atoms with E-state index in [1.165, 1.54) is 16.6 Å². The number of benzene rings is 2. The van der Waals surface area contributed by atoms with Crippen molar-refractivity contribution in [3.8, 4) is 16.9 Å². The number of ether oxygens (including phenoxy) is 1. The Morgan fingerprint density at radius 2 is 1.68 bits per heavy atom. The first-order valence-corrected chi connectivity index (χ1v) is 6.67. The van der Waals surface area contributed by atoms with Gasteiger partial charge in [-0.05, 0) is 22.6 Å². The van der Waals surface area contributed by atoms with E-state index in [1.54, 1.807) is 7.11 Å². The highest BCUT2D eigenvalue weighted by Gasteiger charge is 2.15. The van der Waals surface area contributed by atoms with Gasteiger partial charge in [0, 0.05) is 5.56 Å². The largest absolute Gasteiger partial charge is 0.496 e. The molecule has 0 saturated heterocycles. The normalized spacial score (nSPS) is 11.4. The molecule has 0 heterocycles. The minimum atomic E-state index is 0.156. The minimum Gasteiger partial charge on any atom is -0.496 e. The van der Waals surface area contributed by atoms with E-state index < -0.39 is 0 Å². The van der Waals surface area contributed by atoms with Crippen molar-refractivity contribution in [2.45, 2.75) is 26.2 Å². The molecule has 0 aliphatic rings. The number of rotatable bonds is 2. The first-order chi connectivity index (χ1) is 8.91. The number of hydrogen-bond acceptors (Lipinski definition) is 1. The van der Waals surface area contributed by atoms with E-state index in [1.807, 2.05) is 12.1 Å². The van der Waals surface area contributed by atoms with E-state index in [9.17, 15) is 0 Å². The van der Waals surface area contributed by atoms with Gasteiger partial charge in [0.25, 0.3) is 0 Å². The van der Waals surface area contributed by atoms with Crippen LogP contribution in [0, 0.1) is 0 Å². The van der Waals surface area contributed by atoms with Crippen molar-refractivity contribution in [2.24, 2.45) is 0 Å². The summed E-state index contributed by atoms with van der Waals surface area (Å²) in [5.41, 5.74) is 5.17. The molecular weight excluding hydrogens is 231 g/mol. The van der Waals surface area contributed by atoms with Gasteiger partial charge >= 0.3 is 0 Å². The molecule has 2 heteroatoms. The van der Waals surface area contributed by atoms with Gasteiger partial charge in [-0.1, -0.05) is 62.6 Å². The Kier molecular flexibility index (Phi) is 3.70. The maximum Gasteiger partial charge on any atom is 0.139 e. The molecule has 0 saturated carbocycles. The summed E-state index contributed by atoms with van der Waals surface area (Å²) in [5.74, 6) is 0.924. The molecule has 0 atom stereocenters. The zero-order chi connectivity index (χ0) is 14.0. The van der Waals surface area contributed by atoms with Crippen LogP contribution in [-0.2, 0) is 5.41 Å². The Labute approximate surface area is 117 Å². The molecule has 98 valence electrons. The second-order valence-corrected chi connectivity index (χ2v) is 6.04. The predicted octanol–water partition coefficient (Wildman–Crippen LogP) is 2.92. The molecule has 0 unspecified atom stereocenters. The SMILES string of the molecule is Bc1cc(-c2ccccc2OC)cc(C(C)(C)C)c1. The van der Waals surface area contributed by atoms with Crippen molar-refractivity contribution in [3.05, 3.63) is 48.0 Å². The van der Waals surface area contributed by atoms with E-state index in [0.29, 0.717) is 0 Å². The lowest BCUT2D eigenvalue weighted by atomic mass is 9.81. The Hall–Kier alpha value is -1.70. The van der Waals surface area contributed by atoms with E-state index in [2.05, 4.69) is 58.9 Å². The molecule has 19 heavy (non-hydrogen) atoms. The third kappa shape index (κ3) is 3.01. The summed E-state index contributed by atoms with van der Waals surface area (Å²) in [6, 6.07) is 14.9. The summed E-state index contributed by atoms with van der Waals surface area (Å²) >= 11 is 0. The van der Waals surface area contributed by atoms with Crippen LogP contribution in [-0.4, -0.2) is 15.0 Å². The maximum atomic E-state index is 5.47. The number of methoxy groups -OCH3 is 1. The fraction of sp³-hybridized carbons (Fsp3) is 0.294. The fourth-order valence-corrected chi connectivity index (χ4v) is 2.25. The van der Waals surface area contributed by atoms with Crippen molar-refractivity contribution in [1.82, 2.24) is 0 Å². The van der Waals surface area contributed by atoms with Crippen LogP contribution in [0.4, 0.5) is 0 Å². The monoisotopic (exact) mass is 252 g/mol. The van der Waals surface area contributed by atoms with Gasteiger partial charge < -0.3 is 4.74 Å². The first kappa shape index (κ1) is 13.7. The molecule has 1 nitrogen and oxygen atoms in total. The third-order valence-electron chi connectivity index (χ3n) is 3.36. The van der Waals surface area contributed by atoms with Crippen LogP contribution in [0.3, 0.4) is 0 Å². The average Bonchev–Trinajstić information content (AvgIpc) is 2.37. The molecule has 2 aromatic carbocycles. The Bertz CT molecular complexity index is 582. The molecule has 0 aromatic heterocycles. The Balaban J connectivity index is 2.60. The molecule has 0 aliphatic carbocycles. The summed E-state index contributed by atoms with van der Waals surface area (Å²) < 4.78 is 5.47. The van der Waals surface area contributed by atoms with Crippen molar-refractivity contribution in [1.29, 1.82) is 0 Å². The van der Waals surface area contributed by atoms with Crippen LogP contribution in [0.25, 0.3) is 11.1 Å². The molecule has 0 bridgehead atoms. The van der Waals surface area contributed by atoms with E-state index in [-0.39, 0.29) is 5.41 Å². The summed E-state index contributed by atoms with van der Waals surface area (Å²) in [4.78, 5) is 0. The zero-order valence-electron chi connectivity index (χ0n) is 12.4. The van der Waals surface area contributed by atoms with Gasteiger partial charge in [-0.25, -0.2) is 0 Å². The van der Waals surface area contributed by atoms with Crippen LogP contribution in [0.1, 0.15) is 26.3 Å². The topological polar surface area (TPSA) is 9.23 Å². The quantitative estimate of drug-likeness (QED) is 0.747. The Morgan fingerprint density at radius 1 is 1.00 bits per heavy atom. The summed E-state index contributed by atoms with van der Waals surface area (Å²) in [7, 11) is 3.87. The molecule has 2 aromatic rings. The van der Waals surface area contributed by atoms with Gasteiger partial charge in [-0.3, -0.25) is 0 Å². The lowest BCUT2D eigenvalue weighted by Crippen LogP contribution is -2.15. The molecule has 0 radical (unpaired) electrons. The second-order valence-electron chi connectivity index (χ2n) is 6.04. The molecule has 2 rings (SSSR count). The van der Waals surface area contributed by atoms with Crippen LogP contribution in [0.5, 0.6) is 5.75 Å². The molecule has 0 fully saturated rings. The number of hydrogen-bond donors (Lipinski definition) is 0. The second kappa shape index (κ2) is 5.12. The molecule has 0 N–H and O–H groups in total. The van der Waals surface area contributed by atoms with Crippen molar-refractivity contribution in [3.63, 3.8) is 0 Å².